The number of rotatable bonds is 8. The fourth-order valence-electron chi connectivity index (χ4n) is 3.38. The second-order valence-electron chi connectivity index (χ2n) is 7.12. The molecule has 0 bridgehead atoms. The van der Waals surface area contributed by atoms with Crippen molar-refractivity contribution < 1.29 is 9.47 Å². The Morgan fingerprint density at radius 2 is 2.12 bits per heavy atom. The van der Waals surface area contributed by atoms with E-state index in [0.717, 1.165) is 44.8 Å². The van der Waals surface area contributed by atoms with Crippen LogP contribution in [0.2, 0.25) is 0 Å². The largest absolute Gasteiger partial charge is 0.463 e. The lowest BCUT2D eigenvalue weighted by molar-refractivity contribution is 0.183. The maximum atomic E-state index is 12.3. The molecule has 1 saturated carbocycles. The Labute approximate surface area is 145 Å². The number of aromatic amines is 1. The fraction of sp³-hybridized carbons (Fsp3) is 0.706. The molecule has 2 fully saturated rings. The summed E-state index contributed by atoms with van der Waals surface area (Å²) in [6, 6.07) is 0.252. The molecule has 1 unspecified atom stereocenters. The van der Waals surface area contributed by atoms with E-state index in [1.165, 1.54) is 12.8 Å². The lowest BCUT2D eigenvalue weighted by Crippen LogP contribution is -2.18. The summed E-state index contributed by atoms with van der Waals surface area (Å²) in [6.45, 7) is 2.87. The molecule has 2 aliphatic rings. The van der Waals surface area contributed by atoms with Crippen LogP contribution in [-0.4, -0.2) is 39.3 Å². The number of H-pyrrole nitrogens is 1. The zero-order valence-corrected chi connectivity index (χ0v) is 14.4. The molecule has 0 spiro atoms. The highest BCUT2D eigenvalue weighted by molar-refractivity contribution is 5.81. The number of hydrogen-bond donors (Lipinski definition) is 2. The normalized spacial score (nSPS) is 20.4. The molecule has 3 heterocycles. The van der Waals surface area contributed by atoms with Crippen LogP contribution in [0.3, 0.4) is 0 Å². The number of aromatic nitrogens is 4. The average Bonchev–Trinajstić information content (AvgIpc) is 3.15. The molecule has 25 heavy (non-hydrogen) atoms. The molecule has 8 nitrogen and oxygen atoms in total. The third-order valence-corrected chi connectivity index (χ3v) is 5.10. The van der Waals surface area contributed by atoms with Gasteiger partial charge in [-0.25, -0.2) is 4.79 Å². The minimum absolute atomic E-state index is 0.200. The van der Waals surface area contributed by atoms with Gasteiger partial charge in [-0.1, -0.05) is 12.8 Å². The second-order valence-corrected chi connectivity index (χ2v) is 7.12. The summed E-state index contributed by atoms with van der Waals surface area (Å²) in [7, 11) is 0. The van der Waals surface area contributed by atoms with Gasteiger partial charge in [0.05, 0.1) is 6.61 Å². The Morgan fingerprint density at radius 1 is 1.24 bits per heavy atom. The molecule has 1 aliphatic carbocycles. The van der Waals surface area contributed by atoms with Crippen molar-refractivity contribution in [3.8, 4) is 6.01 Å². The van der Waals surface area contributed by atoms with E-state index in [2.05, 4.69) is 15.0 Å². The van der Waals surface area contributed by atoms with E-state index in [0.29, 0.717) is 30.2 Å². The van der Waals surface area contributed by atoms with Gasteiger partial charge in [0.2, 0.25) is 0 Å². The maximum absolute atomic E-state index is 12.3. The van der Waals surface area contributed by atoms with Gasteiger partial charge in [-0.2, -0.15) is 9.97 Å². The molecule has 0 aromatic carbocycles. The predicted molar refractivity (Wildman–Crippen MR) is 93.6 cm³/mol. The number of hydrogen-bond acceptors (Lipinski definition) is 6. The number of nitrogens with zero attached hydrogens (tertiary/aromatic N) is 3. The van der Waals surface area contributed by atoms with Crippen LogP contribution in [0.15, 0.2) is 4.79 Å². The Kier molecular flexibility index (Phi) is 4.61. The van der Waals surface area contributed by atoms with Crippen LogP contribution >= 0.6 is 0 Å². The van der Waals surface area contributed by atoms with Crippen molar-refractivity contribution >= 4 is 17.0 Å². The predicted octanol–water partition coefficient (Wildman–Crippen LogP) is 1.70. The van der Waals surface area contributed by atoms with Gasteiger partial charge in [0.25, 0.3) is 0 Å². The molecule has 8 heteroatoms. The van der Waals surface area contributed by atoms with Crippen molar-refractivity contribution in [1.29, 1.82) is 0 Å². The third kappa shape index (κ3) is 3.78. The van der Waals surface area contributed by atoms with Crippen LogP contribution in [0.1, 0.15) is 38.5 Å². The maximum Gasteiger partial charge on any atom is 0.327 e. The summed E-state index contributed by atoms with van der Waals surface area (Å²) in [6.07, 6.45) is 6.65. The topological polar surface area (TPSA) is 108 Å². The highest BCUT2D eigenvalue weighted by Gasteiger charge is 2.21. The minimum atomic E-state index is -0.200. The van der Waals surface area contributed by atoms with Crippen molar-refractivity contribution in [3.63, 3.8) is 0 Å². The Balaban J connectivity index is 1.47. The first-order chi connectivity index (χ1) is 12.2. The van der Waals surface area contributed by atoms with Gasteiger partial charge < -0.3 is 20.2 Å². The van der Waals surface area contributed by atoms with E-state index in [9.17, 15) is 4.79 Å². The molecule has 2 aromatic rings. The summed E-state index contributed by atoms with van der Waals surface area (Å²) < 4.78 is 12.7. The van der Waals surface area contributed by atoms with Gasteiger partial charge in [0.15, 0.2) is 11.5 Å². The van der Waals surface area contributed by atoms with E-state index in [-0.39, 0.29) is 17.5 Å². The van der Waals surface area contributed by atoms with Gasteiger partial charge in [0, 0.05) is 19.8 Å². The molecule has 1 aliphatic heterocycles. The molecule has 1 atom stereocenters. The van der Waals surface area contributed by atoms with Crippen LogP contribution in [0.4, 0.5) is 5.82 Å². The quantitative estimate of drug-likeness (QED) is 0.752. The fourth-order valence-corrected chi connectivity index (χ4v) is 3.38. The highest BCUT2D eigenvalue weighted by atomic mass is 16.5. The molecule has 0 radical (unpaired) electrons. The molecule has 4 rings (SSSR count). The Bertz CT molecular complexity index is 789. The molecule has 3 N–H and O–H groups in total. The van der Waals surface area contributed by atoms with Crippen LogP contribution < -0.4 is 16.2 Å². The van der Waals surface area contributed by atoms with Crippen LogP contribution in [0.25, 0.3) is 11.2 Å². The van der Waals surface area contributed by atoms with E-state index < -0.39 is 0 Å². The number of fused-ring (bicyclic) bond motifs is 1. The van der Waals surface area contributed by atoms with E-state index in [1.807, 2.05) is 0 Å². The van der Waals surface area contributed by atoms with Crippen LogP contribution in [0, 0.1) is 11.8 Å². The number of ether oxygens (including phenoxy) is 2. The van der Waals surface area contributed by atoms with Crippen LogP contribution in [-0.2, 0) is 11.3 Å². The minimum Gasteiger partial charge on any atom is -0.463 e. The van der Waals surface area contributed by atoms with Crippen LogP contribution in [0.5, 0.6) is 6.01 Å². The zero-order valence-electron chi connectivity index (χ0n) is 14.4. The van der Waals surface area contributed by atoms with E-state index in [4.69, 9.17) is 15.2 Å². The monoisotopic (exact) mass is 347 g/mol. The number of nitrogens with one attached hydrogen (secondary N) is 1. The van der Waals surface area contributed by atoms with Gasteiger partial charge in [-0.05, 0) is 37.5 Å². The SMILES string of the molecule is Nc1nc(OCCC2CC2)nc2c1[nH]c(=O)n2CCCC1CCOC1. The van der Waals surface area contributed by atoms with Crippen molar-refractivity contribution in [2.24, 2.45) is 11.8 Å². The number of imidazole rings is 1. The van der Waals surface area contributed by atoms with Gasteiger partial charge in [-0.3, -0.25) is 4.57 Å². The zero-order chi connectivity index (χ0) is 17.2. The summed E-state index contributed by atoms with van der Waals surface area (Å²) in [5.41, 5.74) is 6.80. The molecule has 2 aromatic heterocycles. The van der Waals surface area contributed by atoms with Crippen molar-refractivity contribution in [3.05, 3.63) is 10.5 Å². The number of nitrogens with two attached hydrogens (primary N) is 1. The summed E-state index contributed by atoms with van der Waals surface area (Å²) in [5.74, 6) is 1.64. The lowest BCUT2D eigenvalue weighted by atomic mass is 10.0. The molecule has 136 valence electrons. The number of anilines is 1. The number of aryl methyl sites for hydroxylation is 1. The molecular formula is C17H25N5O3. The van der Waals surface area contributed by atoms with Crippen molar-refractivity contribution in [2.75, 3.05) is 25.6 Å². The van der Waals surface area contributed by atoms with Crippen molar-refractivity contribution in [2.45, 2.75) is 45.1 Å². The summed E-state index contributed by atoms with van der Waals surface area (Å²) in [4.78, 5) is 23.6. The Morgan fingerprint density at radius 3 is 2.88 bits per heavy atom. The Hall–Kier alpha value is -2.09. The van der Waals surface area contributed by atoms with E-state index >= 15 is 0 Å². The molecular weight excluding hydrogens is 322 g/mol. The van der Waals surface area contributed by atoms with Gasteiger partial charge in [0.1, 0.15) is 5.52 Å². The van der Waals surface area contributed by atoms with Gasteiger partial charge in [-0.15, -0.1) is 0 Å². The van der Waals surface area contributed by atoms with Crippen molar-refractivity contribution in [1.82, 2.24) is 19.5 Å². The summed E-state index contributed by atoms with van der Waals surface area (Å²) >= 11 is 0. The molecule has 0 amide bonds. The van der Waals surface area contributed by atoms with Gasteiger partial charge >= 0.3 is 11.7 Å². The smallest absolute Gasteiger partial charge is 0.327 e. The standard InChI is InChI=1S/C17H25N5O3/c18-14-13-15(21-16(20-14)25-9-6-11-3-4-11)22(17(23)19-13)7-1-2-12-5-8-24-10-12/h11-12H,1-10H2,(H,19,23)(H2,18,20,21). The third-order valence-electron chi connectivity index (χ3n) is 5.10. The first-order valence-electron chi connectivity index (χ1n) is 9.17. The first kappa shape index (κ1) is 16.4. The lowest BCUT2D eigenvalue weighted by Gasteiger charge is -2.08. The van der Waals surface area contributed by atoms with E-state index in [1.54, 1.807) is 4.57 Å². The highest BCUT2D eigenvalue weighted by Crippen LogP contribution is 2.32. The number of nitrogen functional groups attached to an aromatic ring is 1. The first-order valence-corrected chi connectivity index (χ1v) is 9.17. The summed E-state index contributed by atoms with van der Waals surface area (Å²) in [5, 5.41) is 0. The average molecular weight is 347 g/mol. The molecule has 1 saturated heterocycles. The second kappa shape index (κ2) is 7.03.